The van der Waals surface area contributed by atoms with Gasteiger partial charge in [0.05, 0.1) is 23.3 Å². The molecule has 0 bridgehead atoms. The molecule has 2 aromatic rings. The second kappa shape index (κ2) is 7.53. The van der Waals surface area contributed by atoms with Crippen LogP contribution in [0.5, 0.6) is 0 Å². The summed E-state index contributed by atoms with van der Waals surface area (Å²) in [5.74, 6) is 0.143. The van der Waals surface area contributed by atoms with E-state index in [4.69, 9.17) is 10.00 Å². The number of hydrogen-bond donors (Lipinski definition) is 2. The number of ether oxygens (including phenoxy) is 1. The maximum atomic E-state index is 12.1. The predicted molar refractivity (Wildman–Crippen MR) is 87.8 cm³/mol. The first-order chi connectivity index (χ1) is 11.7. The summed E-state index contributed by atoms with van der Waals surface area (Å²) in [6, 6.07) is 9.07. The monoisotopic (exact) mass is 323 g/mol. The highest BCUT2D eigenvalue weighted by Crippen LogP contribution is 2.14. The summed E-state index contributed by atoms with van der Waals surface area (Å²) in [7, 11) is 0. The summed E-state index contributed by atoms with van der Waals surface area (Å²) < 4.78 is 5.46. The molecular weight excluding hydrogens is 306 g/mol. The topological polar surface area (TPSA) is 99.9 Å². The lowest BCUT2D eigenvalue weighted by molar-refractivity contribution is 0.0857. The second-order valence-corrected chi connectivity index (χ2v) is 5.46. The zero-order valence-electron chi connectivity index (χ0n) is 13.0. The second-order valence-electron chi connectivity index (χ2n) is 5.46. The zero-order valence-corrected chi connectivity index (χ0v) is 13.0. The van der Waals surface area contributed by atoms with Crippen molar-refractivity contribution in [3.05, 3.63) is 47.8 Å². The van der Waals surface area contributed by atoms with Gasteiger partial charge in [-0.2, -0.15) is 5.26 Å². The molecule has 1 aliphatic rings. The van der Waals surface area contributed by atoms with Crippen LogP contribution in [0.25, 0.3) is 0 Å². The Kier molecular flexibility index (Phi) is 4.99. The molecule has 0 radical (unpaired) electrons. The third-order valence-corrected chi connectivity index (χ3v) is 3.68. The van der Waals surface area contributed by atoms with Crippen molar-refractivity contribution in [3.8, 4) is 6.07 Å². The Morgan fingerprint density at radius 3 is 2.92 bits per heavy atom. The number of nitrogens with zero attached hydrogens (tertiary/aromatic N) is 3. The van der Waals surface area contributed by atoms with Crippen molar-refractivity contribution >= 4 is 17.5 Å². The van der Waals surface area contributed by atoms with E-state index in [9.17, 15) is 4.79 Å². The summed E-state index contributed by atoms with van der Waals surface area (Å²) >= 11 is 0. The van der Waals surface area contributed by atoms with E-state index < -0.39 is 0 Å². The Balaban J connectivity index is 1.58. The van der Waals surface area contributed by atoms with Crippen molar-refractivity contribution < 1.29 is 9.53 Å². The molecule has 3 rings (SSSR count). The standard InChI is InChI=1S/C17H17N5O2/c18-8-12-3-1-4-14(7-12)22-17-20-9-13(10-21-17)16(23)19-11-15-5-2-6-24-15/h1,3-4,7,9-10,15H,2,5-6,11H2,(H,19,23)(H,20,21,22). The third-order valence-electron chi connectivity index (χ3n) is 3.68. The van der Waals surface area contributed by atoms with Gasteiger partial charge >= 0.3 is 0 Å². The fourth-order valence-corrected chi connectivity index (χ4v) is 2.42. The van der Waals surface area contributed by atoms with Crippen molar-refractivity contribution in [1.82, 2.24) is 15.3 Å². The Hall–Kier alpha value is -2.98. The van der Waals surface area contributed by atoms with Gasteiger partial charge in [0.2, 0.25) is 5.95 Å². The van der Waals surface area contributed by atoms with Gasteiger partial charge < -0.3 is 15.4 Å². The molecule has 1 unspecified atom stereocenters. The molecule has 1 aliphatic heterocycles. The number of amides is 1. The molecule has 1 fully saturated rings. The average Bonchev–Trinajstić information content (AvgIpc) is 3.14. The number of aromatic nitrogens is 2. The molecule has 122 valence electrons. The van der Waals surface area contributed by atoms with Crippen LogP contribution in [-0.4, -0.2) is 35.1 Å². The predicted octanol–water partition coefficient (Wildman–Crippen LogP) is 2.00. The quantitative estimate of drug-likeness (QED) is 0.873. The summed E-state index contributed by atoms with van der Waals surface area (Å²) in [4.78, 5) is 20.3. The van der Waals surface area contributed by atoms with Crippen LogP contribution >= 0.6 is 0 Å². The van der Waals surface area contributed by atoms with Gasteiger partial charge in [-0.3, -0.25) is 4.79 Å². The number of benzene rings is 1. The fraction of sp³-hybridized carbons (Fsp3) is 0.294. The first kappa shape index (κ1) is 15.9. The van der Waals surface area contributed by atoms with E-state index in [0.717, 1.165) is 19.4 Å². The largest absolute Gasteiger partial charge is 0.376 e. The molecule has 0 saturated carbocycles. The Morgan fingerprint density at radius 1 is 1.38 bits per heavy atom. The van der Waals surface area contributed by atoms with Gasteiger partial charge in [-0.05, 0) is 31.0 Å². The minimum Gasteiger partial charge on any atom is -0.376 e. The van der Waals surface area contributed by atoms with Gasteiger partial charge in [-0.15, -0.1) is 0 Å². The van der Waals surface area contributed by atoms with Crippen LogP contribution in [0, 0.1) is 11.3 Å². The summed E-state index contributed by atoms with van der Waals surface area (Å²) in [6.07, 6.45) is 5.05. The minimum atomic E-state index is -0.219. The Labute approximate surface area is 139 Å². The van der Waals surface area contributed by atoms with Crippen molar-refractivity contribution in [2.45, 2.75) is 18.9 Å². The average molecular weight is 323 g/mol. The normalized spacial score (nSPS) is 16.4. The highest BCUT2D eigenvalue weighted by molar-refractivity contribution is 5.93. The number of carbonyl (C=O) groups excluding carboxylic acids is 1. The molecule has 24 heavy (non-hydrogen) atoms. The molecule has 1 atom stereocenters. The lowest BCUT2D eigenvalue weighted by Gasteiger charge is -2.10. The van der Waals surface area contributed by atoms with Crippen LogP contribution in [0.4, 0.5) is 11.6 Å². The summed E-state index contributed by atoms with van der Waals surface area (Å²) in [6.45, 7) is 1.26. The molecule has 1 amide bonds. The molecule has 7 nitrogen and oxygen atoms in total. The van der Waals surface area contributed by atoms with E-state index in [1.165, 1.54) is 12.4 Å². The lowest BCUT2D eigenvalue weighted by Crippen LogP contribution is -2.31. The van der Waals surface area contributed by atoms with Crippen LogP contribution < -0.4 is 10.6 Å². The van der Waals surface area contributed by atoms with Crippen LogP contribution in [-0.2, 0) is 4.74 Å². The van der Waals surface area contributed by atoms with Crippen molar-refractivity contribution in [1.29, 1.82) is 5.26 Å². The number of hydrogen-bond acceptors (Lipinski definition) is 6. The van der Waals surface area contributed by atoms with Crippen molar-refractivity contribution in [2.75, 3.05) is 18.5 Å². The fourth-order valence-electron chi connectivity index (χ4n) is 2.42. The van der Waals surface area contributed by atoms with E-state index in [0.29, 0.717) is 29.3 Å². The molecule has 0 spiro atoms. The van der Waals surface area contributed by atoms with Gasteiger partial charge in [0.25, 0.3) is 5.91 Å². The van der Waals surface area contributed by atoms with E-state index in [1.54, 1.807) is 18.2 Å². The Morgan fingerprint density at radius 2 is 2.21 bits per heavy atom. The van der Waals surface area contributed by atoms with E-state index >= 15 is 0 Å². The van der Waals surface area contributed by atoms with Crippen molar-refractivity contribution in [3.63, 3.8) is 0 Å². The Bertz CT molecular complexity index is 748. The smallest absolute Gasteiger partial charge is 0.254 e. The van der Waals surface area contributed by atoms with Gasteiger partial charge in [0.15, 0.2) is 0 Å². The van der Waals surface area contributed by atoms with Crippen LogP contribution in [0.15, 0.2) is 36.7 Å². The maximum Gasteiger partial charge on any atom is 0.254 e. The number of rotatable bonds is 5. The van der Waals surface area contributed by atoms with Gasteiger partial charge in [-0.1, -0.05) is 6.07 Å². The maximum absolute atomic E-state index is 12.1. The number of nitrogens with one attached hydrogen (secondary N) is 2. The third kappa shape index (κ3) is 4.06. The molecule has 7 heteroatoms. The molecule has 2 N–H and O–H groups in total. The molecule has 1 aromatic carbocycles. The SMILES string of the molecule is N#Cc1cccc(Nc2ncc(C(=O)NCC3CCCO3)cn2)c1. The summed E-state index contributed by atoms with van der Waals surface area (Å²) in [5.41, 5.74) is 1.65. The highest BCUT2D eigenvalue weighted by Gasteiger charge is 2.16. The number of carbonyl (C=O) groups is 1. The molecular formula is C17H17N5O2. The van der Waals surface area contributed by atoms with Gasteiger partial charge in [-0.25, -0.2) is 9.97 Å². The van der Waals surface area contributed by atoms with Gasteiger partial charge in [0, 0.05) is 31.2 Å². The lowest BCUT2D eigenvalue weighted by atomic mass is 10.2. The summed E-state index contributed by atoms with van der Waals surface area (Å²) in [5, 5.41) is 14.7. The molecule has 1 saturated heterocycles. The van der Waals surface area contributed by atoms with Gasteiger partial charge in [0.1, 0.15) is 0 Å². The molecule has 2 heterocycles. The van der Waals surface area contributed by atoms with Crippen LogP contribution in [0.2, 0.25) is 0 Å². The first-order valence-corrected chi connectivity index (χ1v) is 7.73. The van der Waals surface area contributed by atoms with E-state index in [2.05, 4.69) is 26.7 Å². The number of nitriles is 1. The van der Waals surface area contributed by atoms with E-state index in [-0.39, 0.29) is 12.0 Å². The first-order valence-electron chi connectivity index (χ1n) is 7.73. The molecule has 1 aromatic heterocycles. The minimum absolute atomic E-state index is 0.100. The number of anilines is 2. The van der Waals surface area contributed by atoms with Crippen LogP contribution in [0.3, 0.4) is 0 Å². The van der Waals surface area contributed by atoms with Crippen LogP contribution in [0.1, 0.15) is 28.8 Å². The highest BCUT2D eigenvalue weighted by atomic mass is 16.5. The van der Waals surface area contributed by atoms with E-state index in [1.807, 2.05) is 6.07 Å². The molecule has 0 aliphatic carbocycles. The zero-order chi connectivity index (χ0) is 16.8. The van der Waals surface area contributed by atoms with Crippen molar-refractivity contribution in [2.24, 2.45) is 0 Å².